The highest BCUT2D eigenvalue weighted by molar-refractivity contribution is 8.00. The second-order valence-electron chi connectivity index (χ2n) is 7.03. The average Bonchev–Trinajstić information content (AvgIpc) is 3.13. The highest BCUT2D eigenvalue weighted by Crippen LogP contribution is 2.27. The number of carbonyl (C=O) groups excluding carboxylic acids is 1. The lowest BCUT2D eigenvalue weighted by atomic mass is 9.86. The van der Waals surface area contributed by atoms with Gasteiger partial charge in [0.05, 0.1) is 23.0 Å². The Balaban J connectivity index is 1.46. The number of para-hydroxylation sites is 1. The molecule has 3 aromatic rings. The maximum absolute atomic E-state index is 12.4. The number of fused-ring (bicyclic) bond motifs is 1. The summed E-state index contributed by atoms with van der Waals surface area (Å²) in [6, 6.07) is 10.2. The van der Waals surface area contributed by atoms with E-state index in [-0.39, 0.29) is 5.91 Å². The quantitative estimate of drug-likeness (QED) is 0.540. The molecule has 140 valence electrons. The monoisotopic (exact) mass is 381 g/mol. The van der Waals surface area contributed by atoms with Crippen LogP contribution in [0.25, 0.3) is 16.7 Å². The summed E-state index contributed by atoms with van der Waals surface area (Å²) in [6.45, 7) is 2.23. The summed E-state index contributed by atoms with van der Waals surface area (Å²) < 4.78 is 1.80. The van der Waals surface area contributed by atoms with Crippen molar-refractivity contribution < 1.29 is 4.79 Å². The van der Waals surface area contributed by atoms with E-state index in [0.29, 0.717) is 17.7 Å². The molecule has 0 aliphatic heterocycles. The molecule has 2 aromatic heterocycles. The van der Waals surface area contributed by atoms with Gasteiger partial charge in [0.1, 0.15) is 11.4 Å². The van der Waals surface area contributed by atoms with E-state index in [2.05, 4.69) is 27.3 Å². The minimum absolute atomic E-state index is 0.0703. The Morgan fingerprint density at radius 3 is 2.85 bits per heavy atom. The van der Waals surface area contributed by atoms with Gasteiger partial charge in [0, 0.05) is 6.04 Å². The van der Waals surface area contributed by atoms with Crippen LogP contribution in [-0.4, -0.2) is 37.5 Å². The van der Waals surface area contributed by atoms with Gasteiger partial charge >= 0.3 is 0 Å². The van der Waals surface area contributed by atoms with E-state index in [1.807, 2.05) is 30.3 Å². The first-order valence-electron chi connectivity index (χ1n) is 9.38. The minimum Gasteiger partial charge on any atom is -0.352 e. The third-order valence-electron chi connectivity index (χ3n) is 5.13. The van der Waals surface area contributed by atoms with Crippen molar-refractivity contribution in [2.24, 2.45) is 5.92 Å². The van der Waals surface area contributed by atoms with Crippen LogP contribution in [0.1, 0.15) is 32.6 Å². The molecule has 0 radical (unpaired) electrons. The number of benzene rings is 1. The SMILES string of the molecule is C[C@@H]1CCCC[C@@H]1NC(=O)CSc1ncnc2c1cnn2-c1ccccc1. The van der Waals surface area contributed by atoms with E-state index in [0.717, 1.165) is 28.2 Å². The zero-order valence-electron chi connectivity index (χ0n) is 15.3. The molecule has 27 heavy (non-hydrogen) atoms. The van der Waals surface area contributed by atoms with E-state index in [4.69, 9.17) is 0 Å². The van der Waals surface area contributed by atoms with Crippen molar-refractivity contribution in [3.63, 3.8) is 0 Å². The molecule has 7 heteroatoms. The third-order valence-corrected chi connectivity index (χ3v) is 6.13. The van der Waals surface area contributed by atoms with Crippen LogP contribution < -0.4 is 5.32 Å². The van der Waals surface area contributed by atoms with Gasteiger partial charge in [0.25, 0.3) is 0 Å². The molecule has 0 bridgehead atoms. The van der Waals surface area contributed by atoms with Crippen LogP contribution in [0.5, 0.6) is 0 Å². The molecule has 6 nitrogen and oxygen atoms in total. The molecule has 0 saturated heterocycles. The molecule has 0 unspecified atom stereocenters. The number of nitrogens with zero attached hydrogens (tertiary/aromatic N) is 4. The summed E-state index contributed by atoms with van der Waals surface area (Å²) in [7, 11) is 0. The van der Waals surface area contributed by atoms with Gasteiger partial charge in [0.15, 0.2) is 5.65 Å². The second-order valence-corrected chi connectivity index (χ2v) is 8.00. The highest BCUT2D eigenvalue weighted by atomic mass is 32.2. The van der Waals surface area contributed by atoms with Crippen molar-refractivity contribution in [3.05, 3.63) is 42.9 Å². The Morgan fingerprint density at radius 2 is 2.04 bits per heavy atom. The minimum atomic E-state index is 0.0703. The maximum atomic E-state index is 12.4. The van der Waals surface area contributed by atoms with Crippen LogP contribution >= 0.6 is 11.8 Å². The fourth-order valence-electron chi connectivity index (χ4n) is 3.61. The Kier molecular flexibility index (Phi) is 5.38. The number of nitrogens with one attached hydrogen (secondary N) is 1. The van der Waals surface area contributed by atoms with Crippen LogP contribution in [0, 0.1) is 5.92 Å². The van der Waals surface area contributed by atoms with Crippen molar-refractivity contribution >= 4 is 28.7 Å². The zero-order chi connectivity index (χ0) is 18.6. The first kappa shape index (κ1) is 18.0. The first-order valence-corrected chi connectivity index (χ1v) is 10.4. The second kappa shape index (κ2) is 8.08. The zero-order valence-corrected chi connectivity index (χ0v) is 16.2. The van der Waals surface area contributed by atoms with E-state index in [1.54, 1.807) is 10.9 Å². The lowest BCUT2D eigenvalue weighted by Gasteiger charge is -2.29. The lowest BCUT2D eigenvalue weighted by Crippen LogP contribution is -2.41. The molecule has 1 aliphatic carbocycles. The van der Waals surface area contributed by atoms with Gasteiger partial charge < -0.3 is 5.32 Å². The number of rotatable bonds is 5. The molecule has 4 rings (SSSR count). The standard InChI is InChI=1S/C20H23N5OS/c1-14-7-5-6-10-17(14)24-18(26)12-27-20-16-11-23-25(19(16)21-13-22-20)15-8-3-2-4-9-15/h2-4,8-9,11,13-14,17H,5-7,10,12H2,1H3,(H,24,26)/t14-,17+/m1/s1. The fraction of sp³-hybridized carbons (Fsp3) is 0.400. The van der Waals surface area contributed by atoms with Crippen LogP contribution in [0.15, 0.2) is 47.9 Å². The third kappa shape index (κ3) is 3.98. The summed E-state index contributed by atoms with van der Waals surface area (Å²) in [4.78, 5) is 21.1. The lowest BCUT2D eigenvalue weighted by molar-refractivity contribution is -0.119. The summed E-state index contributed by atoms with van der Waals surface area (Å²) in [5, 5.41) is 9.30. The average molecular weight is 382 g/mol. The summed E-state index contributed by atoms with van der Waals surface area (Å²) in [6.07, 6.45) is 8.06. The van der Waals surface area contributed by atoms with E-state index in [9.17, 15) is 4.79 Å². The summed E-state index contributed by atoms with van der Waals surface area (Å²) in [5.74, 6) is 0.981. The van der Waals surface area contributed by atoms with Crippen molar-refractivity contribution in [3.8, 4) is 5.69 Å². The number of hydrogen-bond acceptors (Lipinski definition) is 5. The maximum Gasteiger partial charge on any atom is 0.230 e. The Hall–Kier alpha value is -2.41. The predicted octanol–water partition coefficient (Wildman–Crippen LogP) is 3.60. The fourth-order valence-corrected chi connectivity index (χ4v) is 4.38. The van der Waals surface area contributed by atoms with Gasteiger partial charge in [0.2, 0.25) is 5.91 Å². The van der Waals surface area contributed by atoms with Gasteiger partial charge in [-0.3, -0.25) is 4.79 Å². The molecule has 1 N–H and O–H groups in total. The molecule has 2 heterocycles. The van der Waals surface area contributed by atoms with Gasteiger partial charge in [-0.25, -0.2) is 14.6 Å². The van der Waals surface area contributed by atoms with Crippen LogP contribution in [-0.2, 0) is 4.79 Å². The summed E-state index contributed by atoms with van der Waals surface area (Å²) >= 11 is 1.44. The molecule has 0 spiro atoms. The van der Waals surface area contributed by atoms with Crippen molar-refractivity contribution in [1.29, 1.82) is 0 Å². The molecule has 1 amide bonds. The Morgan fingerprint density at radius 1 is 1.22 bits per heavy atom. The number of aromatic nitrogens is 4. The first-order chi connectivity index (χ1) is 13.2. The van der Waals surface area contributed by atoms with Gasteiger partial charge in [-0.1, -0.05) is 49.7 Å². The van der Waals surface area contributed by atoms with Crippen molar-refractivity contribution in [2.75, 3.05) is 5.75 Å². The normalized spacial score (nSPS) is 19.9. The molecule has 1 fully saturated rings. The van der Waals surface area contributed by atoms with Crippen LogP contribution in [0.3, 0.4) is 0 Å². The molecule has 2 atom stereocenters. The van der Waals surface area contributed by atoms with E-state index < -0.39 is 0 Å². The molecule has 1 aliphatic rings. The predicted molar refractivity (Wildman–Crippen MR) is 107 cm³/mol. The van der Waals surface area contributed by atoms with Crippen molar-refractivity contribution in [2.45, 2.75) is 43.7 Å². The van der Waals surface area contributed by atoms with Crippen LogP contribution in [0.4, 0.5) is 0 Å². The van der Waals surface area contributed by atoms with Crippen molar-refractivity contribution in [1.82, 2.24) is 25.1 Å². The van der Waals surface area contributed by atoms with Gasteiger partial charge in [-0.15, -0.1) is 0 Å². The number of thioether (sulfide) groups is 1. The van der Waals surface area contributed by atoms with E-state index >= 15 is 0 Å². The topological polar surface area (TPSA) is 72.7 Å². The molecule has 1 saturated carbocycles. The summed E-state index contributed by atoms with van der Waals surface area (Å²) in [5.41, 5.74) is 1.70. The molecular weight excluding hydrogens is 358 g/mol. The smallest absolute Gasteiger partial charge is 0.230 e. The molecule has 1 aromatic carbocycles. The van der Waals surface area contributed by atoms with Gasteiger partial charge in [-0.2, -0.15) is 5.10 Å². The number of carbonyl (C=O) groups is 1. The molecular formula is C20H23N5OS. The highest BCUT2D eigenvalue weighted by Gasteiger charge is 2.23. The van der Waals surface area contributed by atoms with E-state index in [1.165, 1.54) is 37.4 Å². The number of amides is 1. The number of hydrogen-bond donors (Lipinski definition) is 1. The van der Waals surface area contributed by atoms with Gasteiger partial charge in [-0.05, 0) is 30.9 Å². The van der Waals surface area contributed by atoms with Crippen LogP contribution in [0.2, 0.25) is 0 Å². The Bertz CT molecular complexity index is 927. The Labute approximate surface area is 162 Å². The largest absolute Gasteiger partial charge is 0.352 e.